The second kappa shape index (κ2) is 8.68. The van der Waals surface area contributed by atoms with E-state index in [1.165, 1.54) is 25.7 Å². The minimum atomic E-state index is -3.14. The molecule has 0 aromatic heterocycles. The zero-order chi connectivity index (χ0) is 12.4. The molecule has 0 aliphatic heterocycles. The monoisotopic (exact) mass is 234 g/mol. The molecule has 1 nitrogen and oxygen atoms in total. The molecule has 0 heterocycles. The van der Waals surface area contributed by atoms with Crippen LogP contribution in [0.5, 0.6) is 0 Å². The fourth-order valence-corrected chi connectivity index (χ4v) is 1.62. The van der Waals surface area contributed by atoms with Gasteiger partial charge in [-0.25, -0.2) is 0 Å². The topological polar surface area (TPSA) is 20.2 Å². The maximum absolute atomic E-state index is 12.9. The Morgan fingerprint density at radius 2 is 1.62 bits per heavy atom. The van der Waals surface area contributed by atoms with Crippen LogP contribution in [0.3, 0.4) is 0 Å². The van der Waals surface area contributed by atoms with Crippen LogP contribution in [0.25, 0.3) is 0 Å². The van der Waals surface area contributed by atoms with Gasteiger partial charge in [0.15, 0.2) is 0 Å². The lowest BCUT2D eigenvalue weighted by Gasteiger charge is -2.18. The Morgan fingerprint density at radius 1 is 1.12 bits per heavy atom. The van der Waals surface area contributed by atoms with Crippen molar-refractivity contribution in [1.29, 1.82) is 0 Å². The summed E-state index contributed by atoms with van der Waals surface area (Å²) in [4.78, 5) is 0. The number of aliphatic hydroxyl groups is 1. The first-order valence-corrected chi connectivity index (χ1v) is 6.24. The minimum absolute atomic E-state index is 0.160. The van der Waals surface area contributed by atoms with Crippen LogP contribution in [-0.2, 0) is 0 Å². The molecule has 0 aliphatic carbocycles. The summed E-state index contributed by atoms with van der Waals surface area (Å²) in [5, 5.41) is 9.20. The number of hydrogen-bond acceptors (Lipinski definition) is 1. The van der Waals surface area contributed by atoms with Gasteiger partial charge in [0.2, 0.25) is 0 Å². The molecule has 0 radical (unpaired) electrons. The lowest BCUT2D eigenvalue weighted by Crippen LogP contribution is -2.30. The van der Waals surface area contributed by atoms with Gasteiger partial charge in [0.1, 0.15) is 6.10 Å². The maximum Gasteiger partial charge on any atom is 0.291 e. The highest BCUT2D eigenvalue weighted by molar-refractivity contribution is 4.92. The summed E-state index contributed by atoms with van der Waals surface area (Å²) in [7, 11) is 0. The smallest absolute Gasteiger partial charge is 0.291 e. The molecule has 0 saturated heterocycles. The van der Waals surface area contributed by atoms with E-state index in [2.05, 4.69) is 13.5 Å². The number of alkyl halides is 2. The quantitative estimate of drug-likeness (QED) is 0.441. The summed E-state index contributed by atoms with van der Waals surface area (Å²) in [5.74, 6) is -3.14. The molecule has 1 N–H and O–H groups in total. The second-order valence-corrected chi connectivity index (χ2v) is 4.30. The van der Waals surface area contributed by atoms with E-state index < -0.39 is 12.0 Å². The normalized spacial score (nSPS) is 13.8. The van der Waals surface area contributed by atoms with Gasteiger partial charge >= 0.3 is 0 Å². The first kappa shape index (κ1) is 15.6. The third-order valence-electron chi connectivity index (χ3n) is 2.80. The summed E-state index contributed by atoms with van der Waals surface area (Å²) in [5.41, 5.74) is 0. The molecule has 0 aromatic carbocycles. The fourth-order valence-electron chi connectivity index (χ4n) is 1.62. The van der Waals surface area contributed by atoms with Crippen LogP contribution in [0.1, 0.15) is 58.3 Å². The van der Waals surface area contributed by atoms with E-state index in [1.54, 1.807) is 0 Å². The molecule has 16 heavy (non-hydrogen) atoms. The van der Waals surface area contributed by atoms with Crippen LogP contribution in [0.4, 0.5) is 8.78 Å². The Hall–Kier alpha value is -0.440. The molecular weight excluding hydrogens is 210 g/mol. The molecule has 96 valence electrons. The first-order valence-electron chi connectivity index (χ1n) is 6.24. The van der Waals surface area contributed by atoms with Crippen molar-refractivity contribution >= 4 is 0 Å². The van der Waals surface area contributed by atoms with Gasteiger partial charge in [-0.2, -0.15) is 8.78 Å². The SMILES string of the molecule is C=CC(F)(F)[C@H](O)CCCCCCCCC. The summed E-state index contributed by atoms with van der Waals surface area (Å²) in [6.45, 7) is 5.18. The predicted octanol–water partition coefficient (Wildman–Crippen LogP) is 4.31. The van der Waals surface area contributed by atoms with E-state index in [9.17, 15) is 13.9 Å². The highest BCUT2D eigenvalue weighted by Crippen LogP contribution is 2.23. The number of aliphatic hydroxyl groups excluding tert-OH is 1. The Labute approximate surface area is 97.6 Å². The van der Waals surface area contributed by atoms with Gasteiger partial charge in [0.25, 0.3) is 5.92 Å². The molecule has 0 spiro atoms. The zero-order valence-corrected chi connectivity index (χ0v) is 10.2. The molecule has 0 aliphatic rings. The first-order chi connectivity index (χ1) is 7.54. The Bertz CT molecular complexity index is 181. The van der Waals surface area contributed by atoms with Gasteiger partial charge < -0.3 is 5.11 Å². The van der Waals surface area contributed by atoms with Crippen LogP contribution >= 0.6 is 0 Å². The fraction of sp³-hybridized carbons (Fsp3) is 0.846. The van der Waals surface area contributed by atoms with Crippen LogP contribution in [-0.4, -0.2) is 17.1 Å². The number of hydrogen-bond donors (Lipinski definition) is 1. The number of halogens is 2. The van der Waals surface area contributed by atoms with Gasteiger partial charge in [0.05, 0.1) is 0 Å². The summed E-state index contributed by atoms with van der Waals surface area (Å²) in [6.07, 6.45) is 6.63. The highest BCUT2D eigenvalue weighted by atomic mass is 19.3. The molecule has 1 atom stereocenters. The van der Waals surface area contributed by atoms with E-state index in [0.29, 0.717) is 12.5 Å². The highest BCUT2D eigenvalue weighted by Gasteiger charge is 2.33. The maximum atomic E-state index is 12.9. The number of rotatable bonds is 10. The van der Waals surface area contributed by atoms with Gasteiger partial charge in [-0.3, -0.25) is 0 Å². The summed E-state index contributed by atoms with van der Waals surface area (Å²) in [6, 6.07) is 0. The summed E-state index contributed by atoms with van der Waals surface area (Å²) >= 11 is 0. The second-order valence-electron chi connectivity index (χ2n) is 4.30. The predicted molar refractivity (Wildman–Crippen MR) is 63.8 cm³/mol. The van der Waals surface area contributed by atoms with E-state index in [0.717, 1.165) is 12.8 Å². The zero-order valence-electron chi connectivity index (χ0n) is 10.2. The van der Waals surface area contributed by atoms with E-state index in [4.69, 9.17) is 0 Å². The van der Waals surface area contributed by atoms with Gasteiger partial charge in [-0.05, 0) is 12.5 Å². The van der Waals surface area contributed by atoms with E-state index in [1.807, 2.05) is 0 Å². The molecule has 0 bridgehead atoms. The van der Waals surface area contributed by atoms with Gasteiger partial charge in [-0.1, -0.05) is 58.4 Å². The van der Waals surface area contributed by atoms with Crippen molar-refractivity contribution < 1.29 is 13.9 Å². The Morgan fingerprint density at radius 3 is 2.12 bits per heavy atom. The average molecular weight is 234 g/mol. The Kier molecular flexibility index (Phi) is 8.44. The molecule has 3 heteroatoms. The lowest BCUT2D eigenvalue weighted by molar-refractivity contribution is -0.0730. The Balaban J connectivity index is 3.41. The molecule has 0 rings (SSSR count). The van der Waals surface area contributed by atoms with Crippen molar-refractivity contribution in [3.8, 4) is 0 Å². The van der Waals surface area contributed by atoms with Crippen molar-refractivity contribution in [3.63, 3.8) is 0 Å². The van der Waals surface area contributed by atoms with Crippen molar-refractivity contribution in [2.75, 3.05) is 0 Å². The average Bonchev–Trinajstić information content (AvgIpc) is 2.27. The molecule has 0 unspecified atom stereocenters. The van der Waals surface area contributed by atoms with Gasteiger partial charge in [0, 0.05) is 0 Å². The van der Waals surface area contributed by atoms with Crippen molar-refractivity contribution in [1.82, 2.24) is 0 Å². The molecule has 0 saturated carbocycles. The summed E-state index contributed by atoms with van der Waals surface area (Å²) < 4.78 is 25.7. The third kappa shape index (κ3) is 6.94. The standard InChI is InChI=1S/C13H24F2O/c1-3-5-6-7-8-9-10-11-12(16)13(14,15)4-2/h4,12,16H,2-3,5-11H2,1H3/t12-/m1/s1. The lowest BCUT2D eigenvalue weighted by atomic mass is 10.0. The minimum Gasteiger partial charge on any atom is -0.386 e. The molecule has 0 fully saturated rings. The molecule has 0 amide bonds. The van der Waals surface area contributed by atoms with Crippen LogP contribution in [0.2, 0.25) is 0 Å². The third-order valence-corrected chi connectivity index (χ3v) is 2.80. The largest absolute Gasteiger partial charge is 0.386 e. The van der Waals surface area contributed by atoms with Crippen LogP contribution in [0, 0.1) is 0 Å². The molecular formula is C13H24F2O. The van der Waals surface area contributed by atoms with Crippen molar-refractivity contribution in [2.45, 2.75) is 70.3 Å². The van der Waals surface area contributed by atoms with Crippen molar-refractivity contribution in [3.05, 3.63) is 12.7 Å². The van der Waals surface area contributed by atoms with Crippen LogP contribution in [0.15, 0.2) is 12.7 Å². The van der Waals surface area contributed by atoms with Crippen LogP contribution < -0.4 is 0 Å². The van der Waals surface area contributed by atoms with Gasteiger partial charge in [-0.15, -0.1) is 0 Å². The number of unbranched alkanes of at least 4 members (excludes halogenated alkanes) is 6. The van der Waals surface area contributed by atoms with E-state index in [-0.39, 0.29) is 6.42 Å². The van der Waals surface area contributed by atoms with Crippen molar-refractivity contribution in [2.24, 2.45) is 0 Å². The van der Waals surface area contributed by atoms with E-state index >= 15 is 0 Å². The molecule has 0 aromatic rings.